The summed E-state index contributed by atoms with van der Waals surface area (Å²) >= 11 is 6.12. The second kappa shape index (κ2) is 7.76. The highest BCUT2D eigenvalue weighted by Crippen LogP contribution is 2.25. The molecular formula is C17H16ClN5O2. The van der Waals surface area contributed by atoms with Crippen molar-refractivity contribution in [2.45, 2.75) is 12.3 Å². The molecule has 3 rings (SSSR count). The summed E-state index contributed by atoms with van der Waals surface area (Å²) in [5, 5.41) is 17.2. The summed E-state index contributed by atoms with van der Waals surface area (Å²) < 4.78 is 5.23. The molecule has 0 aliphatic rings. The Kier molecular flexibility index (Phi) is 5.25. The predicted molar refractivity (Wildman–Crippen MR) is 93.7 cm³/mol. The number of hydrogen-bond donors (Lipinski definition) is 2. The van der Waals surface area contributed by atoms with Crippen LogP contribution in [-0.4, -0.2) is 33.6 Å². The van der Waals surface area contributed by atoms with Gasteiger partial charge in [0.05, 0.1) is 17.8 Å². The highest BCUT2D eigenvalue weighted by molar-refractivity contribution is 6.33. The first-order valence-corrected chi connectivity index (χ1v) is 7.97. The van der Waals surface area contributed by atoms with Gasteiger partial charge in [0.15, 0.2) is 5.82 Å². The van der Waals surface area contributed by atoms with E-state index >= 15 is 0 Å². The number of amides is 1. The fraction of sp³-hybridized carbons (Fsp3) is 0.176. The Labute approximate surface area is 149 Å². The first kappa shape index (κ1) is 16.9. The number of rotatable bonds is 6. The molecule has 8 heteroatoms. The van der Waals surface area contributed by atoms with Gasteiger partial charge >= 0.3 is 0 Å². The van der Waals surface area contributed by atoms with Crippen molar-refractivity contribution in [2.75, 3.05) is 12.4 Å². The van der Waals surface area contributed by atoms with E-state index in [0.29, 0.717) is 23.0 Å². The summed E-state index contributed by atoms with van der Waals surface area (Å²) in [6.07, 6.45) is 0.396. The van der Waals surface area contributed by atoms with Gasteiger partial charge < -0.3 is 10.1 Å². The molecule has 0 fully saturated rings. The minimum atomic E-state index is -0.623. The minimum Gasteiger partial charge on any atom is -0.497 e. The number of methoxy groups -OCH3 is 1. The quantitative estimate of drug-likeness (QED) is 0.707. The molecule has 1 heterocycles. The lowest BCUT2D eigenvalue weighted by Gasteiger charge is -2.15. The molecule has 7 nitrogen and oxygen atoms in total. The monoisotopic (exact) mass is 357 g/mol. The molecule has 3 aromatic rings. The lowest BCUT2D eigenvalue weighted by atomic mass is 9.97. The average Bonchev–Trinajstić information content (AvgIpc) is 3.16. The van der Waals surface area contributed by atoms with Crippen LogP contribution >= 0.6 is 11.6 Å². The van der Waals surface area contributed by atoms with Crippen molar-refractivity contribution < 1.29 is 9.53 Å². The van der Waals surface area contributed by atoms with Gasteiger partial charge in [-0.25, -0.2) is 0 Å². The van der Waals surface area contributed by atoms with E-state index in [1.165, 1.54) is 0 Å². The largest absolute Gasteiger partial charge is 0.497 e. The van der Waals surface area contributed by atoms with Gasteiger partial charge in [0.2, 0.25) is 5.91 Å². The molecule has 0 radical (unpaired) electrons. The second-order valence-electron chi connectivity index (χ2n) is 5.35. The van der Waals surface area contributed by atoms with Gasteiger partial charge in [-0.3, -0.25) is 4.79 Å². The third-order valence-electron chi connectivity index (χ3n) is 3.70. The van der Waals surface area contributed by atoms with Crippen LogP contribution in [0, 0.1) is 0 Å². The lowest BCUT2D eigenvalue weighted by Crippen LogP contribution is -2.24. The number of benzene rings is 2. The Morgan fingerprint density at radius 1 is 1.28 bits per heavy atom. The SMILES string of the molecule is COc1cccc(C[C@@H](C(=O)Nc2ccccc2Cl)c2nn[nH]n2)c1. The number of carbonyl (C=O) groups is 1. The van der Waals surface area contributed by atoms with Crippen LogP contribution in [0.5, 0.6) is 5.75 Å². The number of aromatic nitrogens is 4. The van der Waals surface area contributed by atoms with Crippen LogP contribution in [0.3, 0.4) is 0 Å². The molecule has 0 bridgehead atoms. The second-order valence-corrected chi connectivity index (χ2v) is 5.75. The van der Waals surface area contributed by atoms with E-state index in [-0.39, 0.29) is 5.91 Å². The van der Waals surface area contributed by atoms with Crippen LogP contribution in [0.15, 0.2) is 48.5 Å². The summed E-state index contributed by atoms with van der Waals surface area (Å²) in [6.45, 7) is 0. The van der Waals surface area contributed by atoms with E-state index in [0.717, 1.165) is 11.3 Å². The Morgan fingerprint density at radius 2 is 2.12 bits per heavy atom. The third-order valence-corrected chi connectivity index (χ3v) is 4.03. The van der Waals surface area contributed by atoms with Crippen molar-refractivity contribution in [3.05, 3.63) is 64.9 Å². The van der Waals surface area contributed by atoms with Crippen molar-refractivity contribution >= 4 is 23.2 Å². The van der Waals surface area contributed by atoms with Crippen LogP contribution in [0.25, 0.3) is 0 Å². The van der Waals surface area contributed by atoms with E-state index in [2.05, 4.69) is 25.9 Å². The minimum absolute atomic E-state index is 0.266. The van der Waals surface area contributed by atoms with Crippen molar-refractivity contribution in [1.29, 1.82) is 0 Å². The maximum atomic E-state index is 12.8. The number of carbonyl (C=O) groups excluding carboxylic acids is 1. The number of hydrogen-bond acceptors (Lipinski definition) is 5. The maximum absolute atomic E-state index is 12.8. The van der Waals surface area contributed by atoms with Crippen molar-refractivity contribution in [3.63, 3.8) is 0 Å². The van der Waals surface area contributed by atoms with E-state index in [4.69, 9.17) is 16.3 Å². The topological polar surface area (TPSA) is 92.8 Å². The van der Waals surface area contributed by atoms with Crippen molar-refractivity contribution in [1.82, 2.24) is 20.6 Å². The van der Waals surface area contributed by atoms with E-state index in [9.17, 15) is 4.79 Å². The van der Waals surface area contributed by atoms with Gasteiger partial charge in [-0.2, -0.15) is 5.21 Å². The van der Waals surface area contributed by atoms with Crippen LogP contribution < -0.4 is 10.1 Å². The molecule has 1 amide bonds. The number of nitrogens with zero attached hydrogens (tertiary/aromatic N) is 3. The molecule has 25 heavy (non-hydrogen) atoms. The molecule has 2 N–H and O–H groups in total. The average molecular weight is 358 g/mol. The smallest absolute Gasteiger partial charge is 0.235 e. The van der Waals surface area contributed by atoms with Crippen molar-refractivity contribution in [3.8, 4) is 5.75 Å². The predicted octanol–water partition coefficient (Wildman–Crippen LogP) is 2.83. The first-order valence-electron chi connectivity index (χ1n) is 7.59. The normalized spacial score (nSPS) is 11.8. The lowest BCUT2D eigenvalue weighted by molar-refractivity contribution is -0.117. The number of anilines is 1. The van der Waals surface area contributed by atoms with E-state index in [1.54, 1.807) is 31.4 Å². The Morgan fingerprint density at radius 3 is 2.84 bits per heavy atom. The number of ether oxygens (including phenoxy) is 1. The molecule has 1 atom stereocenters. The highest BCUT2D eigenvalue weighted by atomic mass is 35.5. The zero-order valence-corrected chi connectivity index (χ0v) is 14.2. The van der Waals surface area contributed by atoms with Gasteiger partial charge in [0.1, 0.15) is 11.7 Å². The molecule has 0 aliphatic carbocycles. The molecule has 0 saturated carbocycles. The highest BCUT2D eigenvalue weighted by Gasteiger charge is 2.26. The molecular weight excluding hydrogens is 342 g/mol. The van der Waals surface area contributed by atoms with Gasteiger partial charge in [-0.1, -0.05) is 41.1 Å². The third kappa shape index (κ3) is 4.13. The van der Waals surface area contributed by atoms with Crippen LogP contribution in [0.1, 0.15) is 17.3 Å². The van der Waals surface area contributed by atoms with Gasteiger partial charge in [-0.05, 0) is 36.2 Å². The summed E-state index contributed by atoms with van der Waals surface area (Å²) in [5.74, 6) is 0.141. The van der Waals surface area contributed by atoms with Crippen LogP contribution in [0.4, 0.5) is 5.69 Å². The number of nitrogens with one attached hydrogen (secondary N) is 2. The Bertz CT molecular complexity index is 854. The first-order chi connectivity index (χ1) is 12.2. The molecule has 0 aliphatic heterocycles. The standard InChI is InChI=1S/C17H16ClN5O2/c1-25-12-6-4-5-11(9-12)10-13(16-20-22-23-21-16)17(24)19-15-8-3-2-7-14(15)18/h2-9,13H,10H2,1H3,(H,19,24)(H,20,21,22,23)/t13-/m1/s1. The number of H-pyrrole nitrogens is 1. The molecule has 128 valence electrons. The number of aromatic amines is 1. The van der Waals surface area contributed by atoms with Gasteiger partial charge in [0, 0.05) is 0 Å². The molecule has 0 saturated heterocycles. The summed E-state index contributed by atoms with van der Waals surface area (Å²) in [5.41, 5.74) is 1.46. The number of halogens is 1. The Balaban J connectivity index is 1.85. The molecule has 0 spiro atoms. The summed E-state index contributed by atoms with van der Waals surface area (Å²) in [7, 11) is 1.60. The molecule has 1 aromatic heterocycles. The number of tetrazole rings is 1. The zero-order valence-electron chi connectivity index (χ0n) is 13.4. The zero-order chi connectivity index (χ0) is 17.6. The number of para-hydroxylation sites is 1. The fourth-order valence-corrected chi connectivity index (χ4v) is 2.62. The Hall–Kier alpha value is -2.93. The van der Waals surface area contributed by atoms with Crippen molar-refractivity contribution in [2.24, 2.45) is 0 Å². The summed E-state index contributed by atoms with van der Waals surface area (Å²) in [4.78, 5) is 12.8. The van der Waals surface area contributed by atoms with Crippen LogP contribution in [0.2, 0.25) is 5.02 Å². The summed E-state index contributed by atoms with van der Waals surface area (Å²) in [6, 6.07) is 14.5. The molecule has 0 unspecified atom stereocenters. The van der Waals surface area contributed by atoms with Crippen LogP contribution in [-0.2, 0) is 11.2 Å². The van der Waals surface area contributed by atoms with E-state index in [1.807, 2.05) is 24.3 Å². The molecule has 2 aromatic carbocycles. The van der Waals surface area contributed by atoms with E-state index < -0.39 is 5.92 Å². The van der Waals surface area contributed by atoms with Gasteiger partial charge in [-0.15, -0.1) is 10.2 Å². The van der Waals surface area contributed by atoms with Gasteiger partial charge in [0.25, 0.3) is 0 Å². The fourth-order valence-electron chi connectivity index (χ4n) is 2.44. The maximum Gasteiger partial charge on any atom is 0.235 e.